The van der Waals surface area contributed by atoms with Crippen molar-refractivity contribution in [1.82, 2.24) is 78.7 Å². The van der Waals surface area contributed by atoms with Crippen LogP contribution in [0.25, 0.3) is 105 Å². The Hall–Kier alpha value is -11.7. The highest BCUT2D eigenvalue weighted by molar-refractivity contribution is 6.13. The highest BCUT2D eigenvalue weighted by Gasteiger charge is 2.28. The zero-order valence-electron chi connectivity index (χ0n) is 68.8. The highest BCUT2D eigenvalue weighted by atomic mass is 16.5. The zero-order valence-corrected chi connectivity index (χ0v) is 68.8. The highest BCUT2D eigenvalue weighted by Crippen LogP contribution is 2.41. The number of hydrogen-bond donors (Lipinski definition) is 8. The number of ether oxygens (including phenoxy) is 10. The average Bonchev–Trinajstić information content (AvgIpc) is 1.66. The number of piperidine rings is 1. The van der Waals surface area contributed by atoms with E-state index in [-0.39, 0.29) is 24.1 Å². The number of aromatic hydroxyl groups is 1. The number of aromatic nitrogens is 13. The maximum absolute atomic E-state index is 9.78. The third-order valence-electron chi connectivity index (χ3n) is 21.8. The Morgan fingerprint density at radius 1 is 0.429 bits per heavy atom. The van der Waals surface area contributed by atoms with Crippen molar-refractivity contribution in [3.05, 3.63) is 125 Å². The summed E-state index contributed by atoms with van der Waals surface area (Å²) in [5, 5.41) is 22.6. The maximum atomic E-state index is 9.78. The molecular weight excluding hydrogens is 1520 g/mol. The first-order valence-corrected chi connectivity index (χ1v) is 40.8. The van der Waals surface area contributed by atoms with E-state index in [1.807, 2.05) is 159 Å². The molecule has 2 unspecified atom stereocenters. The number of phenolic OH excluding ortho intramolecular Hbond substituents is 1. The summed E-state index contributed by atoms with van der Waals surface area (Å²) in [4.78, 5) is 47.6. The number of nitrogens with two attached hydrogens (primary N) is 5. The van der Waals surface area contributed by atoms with Crippen LogP contribution in [0.3, 0.4) is 0 Å². The number of fused-ring (bicyclic) bond motifs is 15. The van der Waals surface area contributed by atoms with Gasteiger partial charge in [-0.25, -0.2) is 44.9 Å². The summed E-state index contributed by atoms with van der Waals surface area (Å²) in [5.74, 6) is 8.92. The van der Waals surface area contributed by atoms with E-state index in [0.29, 0.717) is 135 Å². The molecule has 119 heavy (non-hydrogen) atoms. The van der Waals surface area contributed by atoms with Crippen LogP contribution in [0.4, 0.5) is 29.1 Å². The Kier molecular flexibility index (Phi) is 26.0. The molecule has 2 atom stereocenters. The molecule has 5 aromatic carbocycles. The third-order valence-corrected chi connectivity index (χ3v) is 21.8. The summed E-state index contributed by atoms with van der Waals surface area (Å²) in [6.45, 7) is 22.9. The lowest BCUT2D eigenvalue weighted by atomic mass is 10.1. The summed E-state index contributed by atoms with van der Waals surface area (Å²) < 4.78 is 66.1. The van der Waals surface area contributed by atoms with Gasteiger partial charge in [0.2, 0.25) is 0 Å². The van der Waals surface area contributed by atoms with E-state index >= 15 is 0 Å². The van der Waals surface area contributed by atoms with Crippen molar-refractivity contribution in [3.8, 4) is 28.7 Å². The van der Waals surface area contributed by atoms with E-state index in [1.165, 1.54) is 0 Å². The van der Waals surface area contributed by atoms with Crippen LogP contribution in [0.15, 0.2) is 96.0 Å². The van der Waals surface area contributed by atoms with Gasteiger partial charge in [-0.2, -0.15) is 0 Å². The molecular formula is C86H106N22O11. The number of nitrogen functional groups attached to an aromatic ring is 5. The Morgan fingerprint density at radius 3 is 1.24 bits per heavy atom. The standard InChI is InChI=1S/C20H27N5O3.C19H25N5O2.C18H23N5O2.C18H22N4O3.C11H9N3O/c1-3-26-13-16-23-18-19(24(16)2)17-14(22-20(18)21)5-4-6-15(17)28-12-9-25-7-10-27-11-8-25;1-3-25-11-15-23-17-18(24(15)2)16-13(22-19(17)20)5-4-6-14(16)26-12-7-9-21-10-8-12;1-3-24-10-14-22-16-17(23(14)2)15-12(21-18(16)19)5-4-6-13(15)25-11-7-8-20-9-11;1-3-23-10-14-21-16-17(22(14)2)15-12(20-18(16)19)5-4-6-13(15)25-11-7-8-24-9-11;12-11-10-6(4-5-13-10)9-7(14-11)2-1-3-8(9)15/h4-6H,3,7-13H2,1-2H3,(H2,21,22);4-6,12,21H,3,7-11H2,1-2H3,(H2,20,22);4-6,11,20H,3,7-10H2,1-2H3,(H2,19,21);4-6,11H,3,7-10H2,1-2H3,(H2,19,20);1-4,15H,5H2,(H2,12,14). The Morgan fingerprint density at radius 2 is 0.815 bits per heavy atom. The van der Waals surface area contributed by atoms with Gasteiger partial charge in [0.25, 0.3) is 0 Å². The van der Waals surface area contributed by atoms with Crippen LogP contribution in [0, 0.1) is 0 Å². The van der Waals surface area contributed by atoms with Crippen molar-refractivity contribution < 1.29 is 52.5 Å². The number of benzene rings is 5. The second-order valence-corrected chi connectivity index (χ2v) is 29.5. The van der Waals surface area contributed by atoms with Gasteiger partial charge in [0.15, 0.2) is 23.3 Å². The number of phenols is 1. The summed E-state index contributed by atoms with van der Waals surface area (Å²) in [6.07, 6.45) is 6.31. The van der Waals surface area contributed by atoms with E-state index < -0.39 is 0 Å². The second-order valence-electron chi connectivity index (χ2n) is 29.5. The molecule has 13 N–H and O–H groups in total. The number of anilines is 5. The summed E-state index contributed by atoms with van der Waals surface area (Å²) in [6, 6.07) is 28.8. The lowest BCUT2D eigenvalue weighted by molar-refractivity contribution is 0.0323. The van der Waals surface area contributed by atoms with Crippen molar-refractivity contribution >= 4 is 134 Å². The normalized spacial score (nSPS) is 16.2. The van der Waals surface area contributed by atoms with Crippen molar-refractivity contribution in [3.63, 3.8) is 0 Å². The molecule has 626 valence electrons. The van der Waals surface area contributed by atoms with Crippen molar-refractivity contribution in [2.45, 2.75) is 98.1 Å². The van der Waals surface area contributed by atoms with Gasteiger partial charge in [0.05, 0.1) is 110 Å². The third kappa shape index (κ3) is 17.6. The topological polar surface area (TPSA) is 418 Å². The molecule has 0 aliphatic carbocycles. The van der Waals surface area contributed by atoms with Gasteiger partial charge in [0, 0.05) is 92.4 Å². The first kappa shape index (κ1) is 82.4. The molecule has 5 aliphatic rings. The molecule has 9 aromatic heterocycles. The maximum Gasteiger partial charge on any atom is 0.152 e. The number of hydrogen-bond acceptors (Lipinski definition) is 29. The summed E-state index contributed by atoms with van der Waals surface area (Å²) >= 11 is 0. The molecule has 0 spiro atoms. The Balaban J connectivity index is 0.000000117. The van der Waals surface area contributed by atoms with Crippen LogP contribution < -0.4 is 68.8 Å². The van der Waals surface area contributed by atoms with Gasteiger partial charge in [-0.15, -0.1) is 0 Å². The van der Waals surface area contributed by atoms with Crippen LogP contribution in [-0.4, -0.2) is 203 Å². The van der Waals surface area contributed by atoms with Gasteiger partial charge < -0.3 is 110 Å². The molecule has 14 aromatic rings. The van der Waals surface area contributed by atoms with Crippen LogP contribution in [0.5, 0.6) is 28.7 Å². The van der Waals surface area contributed by atoms with E-state index in [1.54, 1.807) is 12.1 Å². The number of nitrogens with zero attached hydrogens (tertiary/aromatic N) is 15. The molecule has 14 heterocycles. The zero-order chi connectivity index (χ0) is 82.8. The molecule has 33 nitrogen and oxygen atoms in total. The van der Waals surface area contributed by atoms with Gasteiger partial charge in [0.1, 0.15) is 137 Å². The first-order chi connectivity index (χ1) is 58.0. The summed E-state index contributed by atoms with van der Waals surface area (Å²) in [7, 11) is 7.92. The van der Waals surface area contributed by atoms with Crippen molar-refractivity contribution in [2.24, 2.45) is 33.2 Å². The van der Waals surface area contributed by atoms with Gasteiger partial charge in [-0.1, -0.05) is 36.4 Å². The molecule has 4 saturated heterocycles. The summed E-state index contributed by atoms with van der Waals surface area (Å²) in [5.41, 5.74) is 41.0. The van der Waals surface area contributed by atoms with Gasteiger partial charge >= 0.3 is 0 Å². The molecule has 5 aliphatic heterocycles. The first-order valence-electron chi connectivity index (χ1n) is 40.8. The van der Waals surface area contributed by atoms with E-state index in [2.05, 4.69) is 65.4 Å². The lowest BCUT2D eigenvalue weighted by Crippen LogP contribution is -2.38. The molecule has 0 saturated carbocycles. The largest absolute Gasteiger partial charge is 0.507 e. The van der Waals surface area contributed by atoms with E-state index in [4.69, 9.17) is 76.0 Å². The van der Waals surface area contributed by atoms with Crippen molar-refractivity contribution in [1.29, 1.82) is 0 Å². The van der Waals surface area contributed by atoms with Crippen LogP contribution in [0.2, 0.25) is 0 Å². The molecule has 33 heteroatoms. The lowest BCUT2D eigenvalue weighted by Gasteiger charge is -2.26. The molecule has 0 radical (unpaired) electrons. The monoisotopic (exact) mass is 1620 g/mol. The number of pyridine rings is 5. The minimum atomic E-state index is 0.0642. The minimum absolute atomic E-state index is 0.0642. The fourth-order valence-electron chi connectivity index (χ4n) is 15.7. The van der Waals surface area contributed by atoms with Crippen LogP contribution in [-0.2, 0) is 83.0 Å². The molecule has 0 amide bonds. The number of morpholine rings is 1. The molecule has 4 fully saturated rings. The minimum Gasteiger partial charge on any atom is -0.507 e. The predicted molar refractivity (Wildman–Crippen MR) is 462 cm³/mol. The second kappa shape index (κ2) is 37.5. The van der Waals surface area contributed by atoms with Gasteiger partial charge in [-0.05, 0) is 127 Å². The van der Waals surface area contributed by atoms with E-state index in [9.17, 15) is 5.11 Å². The SMILES string of the molecule is CCOCc1nc2c(N)nc3cccc(OC4CCNC4)c3c2n1C.CCOCc1nc2c(N)nc3cccc(OC4CCNCC4)c3c2n1C.CCOCc1nc2c(N)nc3cccc(OC4CCOC4)c3c2n1C.CCOCc1nc2c(N)nc3cccc(OCCN4CCOCC4)c3c2n1C.Nc1nc2cccc(O)c2c2c1=NCC=2. The molecule has 19 rings (SSSR count). The van der Waals surface area contributed by atoms with Crippen LogP contribution >= 0.6 is 0 Å². The smallest absolute Gasteiger partial charge is 0.152 e. The number of aryl methyl sites for hydroxylation is 4. The number of imidazole rings is 4. The Bertz CT molecular complexity index is 5960. The number of rotatable bonds is 22. The van der Waals surface area contributed by atoms with E-state index in [0.717, 1.165) is 214 Å². The average molecular weight is 1620 g/mol. The van der Waals surface area contributed by atoms with Crippen molar-refractivity contribution in [2.75, 3.05) is 140 Å². The molecule has 0 bridgehead atoms. The Labute approximate surface area is 687 Å². The fraction of sp³-hybridized carbons (Fsp3) is 0.419. The quantitative estimate of drug-likeness (QED) is 0.0314. The van der Waals surface area contributed by atoms with Crippen LogP contribution in [0.1, 0.15) is 76.7 Å². The fourth-order valence-corrected chi connectivity index (χ4v) is 15.7. The van der Waals surface area contributed by atoms with Gasteiger partial charge in [-0.3, -0.25) is 9.89 Å². The number of nitrogens with one attached hydrogen (secondary N) is 2. The predicted octanol–water partition coefficient (Wildman–Crippen LogP) is 8.65.